The molecule has 0 saturated carbocycles. The molecule has 0 bridgehead atoms. The van der Waals surface area contributed by atoms with E-state index in [1.807, 2.05) is 6.92 Å². The normalized spacial score (nSPS) is 24.3. The van der Waals surface area contributed by atoms with Crippen LogP contribution in [0.15, 0.2) is 0 Å². The van der Waals surface area contributed by atoms with Gasteiger partial charge >= 0.3 is 5.97 Å². The van der Waals surface area contributed by atoms with Gasteiger partial charge in [0.05, 0.1) is 12.0 Å². The largest absolute Gasteiger partial charge is 0.462 e. The van der Waals surface area contributed by atoms with E-state index in [0.29, 0.717) is 0 Å². The molecule has 0 aromatic rings. The zero-order chi connectivity index (χ0) is 10.4. The Morgan fingerprint density at radius 1 is 1.64 bits per heavy atom. The molecule has 1 aliphatic rings. The standard InChI is InChI=1S/C11H21NO2/c1-3-5-9(2)14-11(13)10-6-4-7-12-8-10/h9-10,12H,3-8H2,1-2H3/t9?,10-/m1/s1. The molecule has 1 aliphatic heterocycles. The summed E-state index contributed by atoms with van der Waals surface area (Å²) in [5, 5.41) is 3.22. The van der Waals surface area contributed by atoms with Crippen molar-refractivity contribution in [1.82, 2.24) is 5.32 Å². The fourth-order valence-electron chi connectivity index (χ4n) is 1.81. The number of rotatable bonds is 4. The first-order valence-electron chi connectivity index (χ1n) is 5.65. The van der Waals surface area contributed by atoms with Gasteiger partial charge in [0.15, 0.2) is 0 Å². The Balaban J connectivity index is 2.25. The molecule has 82 valence electrons. The van der Waals surface area contributed by atoms with Crippen molar-refractivity contribution in [2.75, 3.05) is 13.1 Å². The fraction of sp³-hybridized carbons (Fsp3) is 0.909. The van der Waals surface area contributed by atoms with Crippen LogP contribution in [0.5, 0.6) is 0 Å². The maximum absolute atomic E-state index is 11.6. The predicted molar refractivity (Wildman–Crippen MR) is 56.1 cm³/mol. The van der Waals surface area contributed by atoms with Crippen LogP contribution in [0.25, 0.3) is 0 Å². The number of carbonyl (C=O) groups is 1. The molecule has 0 radical (unpaired) electrons. The second-order valence-electron chi connectivity index (χ2n) is 4.08. The summed E-state index contributed by atoms with van der Waals surface area (Å²) in [4.78, 5) is 11.6. The Bertz CT molecular complexity index is 176. The van der Waals surface area contributed by atoms with Crippen LogP contribution in [0.3, 0.4) is 0 Å². The predicted octanol–water partition coefficient (Wildman–Crippen LogP) is 1.72. The van der Waals surface area contributed by atoms with Gasteiger partial charge in [-0.1, -0.05) is 13.3 Å². The molecule has 0 aromatic heterocycles. The molecule has 1 rings (SSSR count). The summed E-state index contributed by atoms with van der Waals surface area (Å²) < 4.78 is 5.35. The van der Waals surface area contributed by atoms with Crippen molar-refractivity contribution in [2.45, 2.75) is 45.6 Å². The molecule has 1 unspecified atom stereocenters. The Morgan fingerprint density at radius 3 is 3.00 bits per heavy atom. The summed E-state index contributed by atoms with van der Waals surface area (Å²) in [6.07, 6.45) is 4.17. The molecule has 0 aliphatic carbocycles. The van der Waals surface area contributed by atoms with Gasteiger partial charge in [0, 0.05) is 6.54 Å². The second-order valence-corrected chi connectivity index (χ2v) is 4.08. The Hall–Kier alpha value is -0.570. The van der Waals surface area contributed by atoms with E-state index in [2.05, 4.69) is 12.2 Å². The van der Waals surface area contributed by atoms with Crippen LogP contribution in [0.2, 0.25) is 0 Å². The van der Waals surface area contributed by atoms with E-state index in [-0.39, 0.29) is 18.0 Å². The molecule has 0 amide bonds. The first-order valence-corrected chi connectivity index (χ1v) is 5.65. The highest BCUT2D eigenvalue weighted by molar-refractivity contribution is 5.73. The molecular weight excluding hydrogens is 178 g/mol. The monoisotopic (exact) mass is 199 g/mol. The molecule has 1 N–H and O–H groups in total. The highest BCUT2D eigenvalue weighted by atomic mass is 16.5. The molecular formula is C11H21NO2. The van der Waals surface area contributed by atoms with Gasteiger partial charge in [-0.05, 0) is 32.7 Å². The lowest BCUT2D eigenvalue weighted by atomic mass is 10.00. The number of nitrogens with one attached hydrogen (secondary N) is 1. The van der Waals surface area contributed by atoms with Crippen molar-refractivity contribution >= 4 is 5.97 Å². The lowest BCUT2D eigenvalue weighted by Gasteiger charge is -2.23. The van der Waals surface area contributed by atoms with Crippen molar-refractivity contribution in [2.24, 2.45) is 5.92 Å². The van der Waals surface area contributed by atoms with E-state index in [0.717, 1.165) is 38.8 Å². The number of esters is 1. The first-order chi connectivity index (χ1) is 6.74. The Kier molecular flexibility index (Phi) is 4.94. The summed E-state index contributed by atoms with van der Waals surface area (Å²) >= 11 is 0. The van der Waals surface area contributed by atoms with E-state index in [1.165, 1.54) is 0 Å². The smallest absolute Gasteiger partial charge is 0.310 e. The van der Waals surface area contributed by atoms with E-state index in [4.69, 9.17) is 4.74 Å². The second kappa shape index (κ2) is 6.02. The molecule has 0 aromatic carbocycles. The molecule has 1 fully saturated rings. The van der Waals surface area contributed by atoms with Crippen LogP contribution in [0.1, 0.15) is 39.5 Å². The van der Waals surface area contributed by atoms with Gasteiger partial charge in [-0.25, -0.2) is 0 Å². The van der Waals surface area contributed by atoms with Crippen molar-refractivity contribution in [1.29, 1.82) is 0 Å². The fourth-order valence-corrected chi connectivity index (χ4v) is 1.81. The lowest BCUT2D eigenvalue weighted by Crippen LogP contribution is -2.36. The van der Waals surface area contributed by atoms with E-state index in [1.54, 1.807) is 0 Å². The Labute approximate surface area is 86.2 Å². The third-order valence-electron chi connectivity index (χ3n) is 2.64. The quantitative estimate of drug-likeness (QED) is 0.701. The maximum atomic E-state index is 11.6. The third kappa shape index (κ3) is 3.66. The van der Waals surface area contributed by atoms with Crippen LogP contribution >= 0.6 is 0 Å². The summed E-state index contributed by atoms with van der Waals surface area (Å²) in [5.74, 6) is 0.0706. The van der Waals surface area contributed by atoms with Gasteiger partial charge in [0.2, 0.25) is 0 Å². The number of ether oxygens (including phenoxy) is 1. The average molecular weight is 199 g/mol. The van der Waals surface area contributed by atoms with Gasteiger partial charge in [-0.15, -0.1) is 0 Å². The zero-order valence-electron chi connectivity index (χ0n) is 9.21. The van der Waals surface area contributed by atoms with Crippen LogP contribution < -0.4 is 5.32 Å². The van der Waals surface area contributed by atoms with E-state index >= 15 is 0 Å². The number of carbonyl (C=O) groups excluding carboxylic acids is 1. The van der Waals surface area contributed by atoms with Crippen LogP contribution in [-0.4, -0.2) is 25.2 Å². The van der Waals surface area contributed by atoms with E-state index < -0.39 is 0 Å². The molecule has 2 atom stereocenters. The number of piperidine rings is 1. The maximum Gasteiger partial charge on any atom is 0.310 e. The van der Waals surface area contributed by atoms with Crippen LogP contribution in [0, 0.1) is 5.92 Å². The van der Waals surface area contributed by atoms with Gasteiger partial charge in [-0.3, -0.25) is 4.79 Å². The Morgan fingerprint density at radius 2 is 2.43 bits per heavy atom. The van der Waals surface area contributed by atoms with Crippen molar-refractivity contribution in [3.05, 3.63) is 0 Å². The minimum absolute atomic E-state index is 0.0156. The topological polar surface area (TPSA) is 38.3 Å². The molecule has 1 heterocycles. The van der Waals surface area contributed by atoms with Gasteiger partial charge in [0.25, 0.3) is 0 Å². The first kappa shape index (κ1) is 11.5. The molecule has 14 heavy (non-hydrogen) atoms. The summed E-state index contributed by atoms with van der Waals surface area (Å²) in [6, 6.07) is 0. The number of hydrogen-bond donors (Lipinski definition) is 1. The van der Waals surface area contributed by atoms with E-state index in [9.17, 15) is 4.79 Å². The van der Waals surface area contributed by atoms with Crippen LogP contribution in [-0.2, 0) is 9.53 Å². The summed E-state index contributed by atoms with van der Waals surface area (Å²) in [7, 11) is 0. The molecule has 0 spiro atoms. The summed E-state index contributed by atoms with van der Waals surface area (Å²) in [6.45, 7) is 5.90. The lowest BCUT2D eigenvalue weighted by molar-refractivity contribution is -0.154. The van der Waals surface area contributed by atoms with Gasteiger partial charge < -0.3 is 10.1 Å². The SMILES string of the molecule is CCCC(C)OC(=O)[C@@H]1CCCNC1. The molecule has 3 nitrogen and oxygen atoms in total. The average Bonchev–Trinajstić information content (AvgIpc) is 2.19. The zero-order valence-corrected chi connectivity index (χ0v) is 9.21. The van der Waals surface area contributed by atoms with Crippen molar-refractivity contribution in [3.63, 3.8) is 0 Å². The highest BCUT2D eigenvalue weighted by Crippen LogP contribution is 2.13. The molecule has 1 saturated heterocycles. The minimum Gasteiger partial charge on any atom is -0.462 e. The highest BCUT2D eigenvalue weighted by Gasteiger charge is 2.23. The number of hydrogen-bond acceptors (Lipinski definition) is 3. The van der Waals surface area contributed by atoms with Crippen molar-refractivity contribution in [3.8, 4) is 0 Å². The third-order valence-corrected chi connectivity index (χ3v) is 2.64. The van der Waals surface area contributed by atoms with Gasteiger partial charge in [-0.2, -0.15) is 0 Å². The van der Waals surface area contributed by atoms with Gasteiger partial charge in [0.1, 0.15) is 0 Å². The molecule has 3 heteroatoms. The van der Waals surface area contributed by atoms with Crippen LogP contribution in [0.4, 0.5) is 0 Å². The minimum atomic E-state index is -0.0156. The summed E-state index contributed by atoms with van der Waals surface area (Å²) in [5.41, 5.74) is 0. The van der Waals surface area contributed by atoms with Crippen molar-refractivity contribution < 1.29 is 9.53 Å².